The van der Waals surface area contributed by atoms with Crippen LogP contribution in [0.3, 0.4) is 0 Å². The van der Waals surface area contributed by atoms with E-state index in [0.29, 0.717) is 39.1 Å². The largest absolute Gasteiger partial charge is 0.330 e. The summed E-state index contributed by atoms with van der Waals surface area (Å²) in [7, 11) is -3.42. The molecule has 0 fully saturated rings. The smallest absolute Gasteiger partial charge is 0.282 e. The molecule has 0 unspecified atom stereocenters. The number of hydrogen-bond donors (Lipinski definition) is 1. The second-order valence-electron chi connectivity index (χ2n) is 4.55. The van der Waals surface area contributed by atoms with Crippen LogP contribution in [0.4, 0.5) is 0 Å². The van der Waals surface area contributed by atoms with E-state index in [9.17, 15) is 8.42 Å². The van der Waals surface area contributed by atoms with Crippen molar-refractivity contribution in [2.75, 3.05) is 26.2 Å². The first-order valence-electron chi connectivity index (χ1n) is 7.05. The van der Waals surface area contributed by atoms with E-state index in [0.717, 1.165) is 5.56 Å². The molecule has 0 heterocycles. The molecule has 0 spiro atoms. The van der Waals surface area contributed by atoms with Gasteiger partial charge in [0.15, 0.2) is 0 Å². The summed E-state index contributed by atoms with van der Waals surface area (Å²) in [5, 5.41) is 0. The fourth-order valence-electron chi connectivity index (χ4n) is 2.04. The molecule has 0 amide bonds. The predicted octanol–water partition coefficient (Wildman–Crippen LogP) is 1.42. The van der Waals surface area contributed by atoms with Gasteiger partial charge in [-0.1, -0.05) is 44.2 Å². The molecule has 114 valence electrons. The lowest BCUT2D eigenvalue weighted by atomic mass is 10.2. The normalized spacial score (nSPS) is 12.2. The van der Waals surface area contributed by atoms with Crippen LogP contribution in [0, 0.1) is 0 Å². The van der Waals surface area contributed by atoms with Crippen LogP contribution >= 0.6 is 0 Å². The first-order chi connectivity index (χ1) is 9.56. The Morgan fingerprint density at radius 2 is 1.65 bits per heavy atom. The number of hydrogen-bond acceptors (Lipinski definition) is 3. The fraction of sp³-hybridized carbons (Fsp3) is 0.571. The summed E-state index contributed by atoms with van der Waals surface area (Å²) in [5.41, 5.74) is 6.51. The summed E-state index contributed by atoms with van der Waals surface area (Å²) in [6.45, 7) is 5.98. The van der Waals surface area contributed by atoms with Gasteiger partial charge in [0.1, 0.15) is 0 Å². The maximum atomic E-state index is 12.6. The summed E-state index contributed by atoms with van der Waals surface area (Å²) in [5.74, 6) is 0. The lowest BCUT2D eigenvalue weighted by Gasteiger charge is -2.28. The molecule has 0 aliphatic carbocycles. The van der Waals surface area contributed by atoms with E-state index >= 15 is 0 Å². The molecule has 1 rings (SSSR count). The minimum Gasteiger partial charge on any atom is -0.330 e. The molecular weight excluding hydrogens is 274 g/mol. The maximum absolute atomic E-state index is 12.6. The van der Waals surface area contributed by atoms with E-state index in [1.165, 1.54) is 8.61 Å². The molecule has 20 heavy (non-hydrogen) atoms. The first kappa shape index (κ1) is 17.1. The van der Waals surface area contributed by atoms with Crippen LogP contribution in [-0.2, 0) is 16.8 Å². The Balaban J connectivity index is 2.93. The lowest BCUT2D eigenvalue weighted by molar-refractivity contribution is 0.341. The Morgan fingerprint density at radius 1 is 1.05 bits per heavy atom. The lowest BCUT2D eigenvalue weighted by Crippen LogP contribution is -2.44. The summed E-state index contributed by atoms with van der Waals surface area (Å²) in [6, 6.07) is 9.63. The Labute approximate surface area is 122 Å². The van der Waals surface area contributed by atoms with Gasteiger partial charge in [-0.15, -0.1) is 0 Å². The van der Waals surface area contributed by atoms with E-state index in [1.54, 1.807) is 0 Å². The van der Waals surface area contributed by atoms with Gasteiger partial charge in [0.25, 0.3) is 10.2 Å². The highest BCUT2D eigenvalue weighted by atomic mass is 32.2. The van der Waals surface area contributed by atoms with Crippen molar-refractivity contribution < 1.29 is 8.42 Å². The summed E-state index contributed by atoms with van der Waals surface area (Å²) in [4.78, 5) is 0. The number of nitrogens with zero attached hydrogens (tertiary/aromatic N) is 2. The molecule has 1 aromatic rings. The topological polar surface area (TPSA) is 66.6 Å². The molecule has 0 saturated heterocycles. The molecule has 6 heteroatoms. The van der Waals surface area contributed by atoms with Gasteiger partial charge in [-0.3, -0.25) is 0 Å². The summed E-state index contributed by atoms with van der Waals surface area (Å²) < 4.78 is 28.2. The standard InChI is InChI=1S/C14H25N3O2S/c1-3-16(4-2)20(18,19)17(12-8-11-15)13-14-9-6-5-7-10-14/h5-7,9-10H,3-4,8,11-13,15H2,1-2H3. The highest BCUT2D eigenvalue weighted by Gasteiger charge is 2.27. The molecular formula is C14H25N3O2S. The molecule has 1 aromatic carbocycles. The molecule has 2 N–H and O–H groups in total. The molecule has 0 atom stereocenters. The van der Waals surface area contributed by atoms with E-state index in [4.69, 9.17) is 5.73 Å². The van der Waals surface area contributed by atoms with Crippen LogP contribution in [0.15, 0.2) is 30.3 Å². The van der Waals surface area contributed by atoms with Gasteiger partial charge in [0, 0.05) is 26.2 Å². The van der Waals surface area contributed by atoms with E-state index in [1.807, 2.05) is 44.2 Å². The number of benzene rings is 1. The molecule has 5 nitrogen and oxygen atoms in total. The minimum atomic E-state index is -3.42. The van der Waals surface area contributed by atoms with Crippen molar-refractivity contribution in [2.24, 2.45) is 5.73 Å². The Bertz CT molecular complexity index is 472. The summed E-state index contributed by atoms with van der Waals surface area (Å²) >= 11 is 0. The van der Waals surface area contributed by atoms with Gasteiger partial charge >= 0.3 is 0 Å². The number of rotatable bonds is 9. The van der Waals surface area contributed by atoms with Crippen LogP contribution in [0.1, 0.15) is 25.8 Å². The van der Waals surface area contributed by atoms with Crippen LogP contribution in [0.2, 0.25) is 0 Å². The monoisotopic (exact) mass is 299 g/mol. The molecule has 0 aromatic heterocycles. The van der Waals surface area contributed by atoms with E-state index in [2.05, 4.69) is 0 Å². The van der Waals surface area contributed by atoms with Gasteiger partial charge in [-0.05, 0) is 18.5 Å². The van der Waals surface area contributed by atoms with Gasteiger partial charge in [0.05, 0.1) is 0 Å². The first-order valence-corrected chi connectivity index (χ1v) is 8.45. The van der Waals surface area contributed by atoms with E-state index in [-0.39, 0.29) is 0 Å². The average Bonchev–Trinajstić information content (AvgIpc) is 2.45. The van der Waals surface area contributed by atoms with Crippen LogP contribution in [-0.4, -0.2) is 43.2 Å². The third-order valence-electron chi connectivity index (χ3n) is 3.17. The fourth-order valence-corrected chi connectivity index (χ4v) is 3.70. The van der Waals surface area contributed by atoms with Crippen molar-refractivity contribution in [1.82, 2.24) is 8.61 Å². The van der Waals surface area contributed by atoms with Gasteiger partial charge in [0.2, 0.25) is 0 Å². The zero-order chi connectivity index (χ0) is 15.0. The highest BCUT2D eigenvalue weighted by molar-refractivity contribution is 7.86. The van der Waals surface area contributed by atoms with Crippen molar-refractivity contribution in [3.8, 4) is 0 Å². The second-order valence-corrected chi connectivity index (χ2v) is 6.48. The van der Waals surface area contributed by atoms with Crippen molar-refractivity contribution in [3.63, 3.8) is 0 Å². The predicted molar refractivity (Wildman–Crippen MR) is 82.4 cm³/mol. The zero-order valence-electron chi connectivity index (χ0n) is 12.3. The van der Waals surface area contributed by atoms with Gasteiger partial charge in [-0.2, -0.15) is 17.0 Å². The third kappa shape index (κ3) is 4.56. The average molecular weight is 299 g/mol. The number of nitrogens with two attached hydrogens (primary N) is 1. The SMILES string of the molecule is CCN(CC)S(=O)(=O)N(CCCN)Cc1ccccc1. The summed E-state index contributed by atoms with van der Waals surface area (Å²) in [6.07, 6.45) is 0.660. The van der Waals surface area contributed by atoms with Crippen molar-refractivity contribution in [2.45, 2.75) is 26.8 Å². The van der Waals surface area contributed by atoms with Crippen LogP contribution < -0.4 is 5.73 Å². The highest BCUT2D eigenvalue weighted by Crippen LogP contribution is 2.13. The van der Waals surface area contributed by atoms with Crippen molar-refractivity contribution in [3.05, 3.63) is 35.9 Å². The molecule has 0 aliphatic rings. The van der Waals surface area contributed by atoms with Gasteiger partial charge in [-0.25, -0.2) is 0 Å². The molecule has 0 bridgehead atoms. The molecule has 0 radical (unpaired) electrons. The Hall–Kier alpha value is -0.950. The van der Waals surface area contributed by atoms with Crippen molar-refractivity contribution in [1.29, 1.82) is 0 Å². The van der Waals surface area contributed by atoms with Crippen molar-refractivity contribution >= 4 is 10.2 Å². The van der Waals surface area contributed by atoms with E-state index < -0.39 is 10.2 Å². The Kier molecular flexibility index (Phi) is 7.15. The second kappa shape index (κ2) is 8.36. The van der Waals surface area contributed by atoms with Crippen LogP contribution in [0.25, 0.3) is 0 Å². The molecule has 0 saturated carbocycles. The minimum absolute atomic E-state index is 0.389. The third-order valence-corrected chi connectivity index (χ3v) is 5.30. The quantitative estimate of drug-likeness (QED) is 0.750. The maximum Gasteiger partial charge on any atom is 0.282 e. The Morgan fingerprint density at radius 3 is 2.15 bits per heavy atom. The van der Waals surface area contributed by atoms with Gasteiger partial charge < -0.3 is 5.73 Å². The zero-order valence-corrected chi connectivity index (χ0v) is 13.1. The van der Waals surface area contributed by atoms with Crippen LogP contribution in [0.5, 0.6) is 0 Å². The molecule has 0 aliphatic heterocycles.